The Hall–Kier alpha value is -1.65. The molecule has 0 bridgehead atoms. The summed E-state index contributed by atoms with van der Waals surface area (Å²) in [4.78, 5) is 12.3. The van der Waals surface area contributed by atoms with E-state index in [2.05, 4.69) is 62.5 Å². The number of ether oxygens (including phenoxy) is 2. The van der Waals surface area contributed by atoms with Crippen molar-refractivity contribution >= 4 is 5.97 Å². The van der Waals surface area contributed by atoms with Gasteiger partial charge in [0.05, 0.1) is 13.2 Å². The number of unbranched alkanes of at least 4 members (excludes halogenated alkanes) is 31. The normalized spacial score (nSPS) is 12.7. The highest BCUT2D eigenvalue weighted by molar-refractivity contribution is 5.69. The summed E-state index contributed by atoms with van der Waals surface area (Å²) >= 11 is 0. The first kappa shape index (κ1) is 55.4. The summed E-state index contributed by atoms with van der Waals surface area (Å²) in [7, 11) is 0. The maximum absolute atomic E-state index is 12.3. The Morgan fingerprint density at radius 3 is 1.12 bits per heavy atom. The van der Waals surface area contributed by atoms with Crippen LogP contribution in [0.5, 0.6) is 0 Å². The van der Waals surface area contributed by atoms with E-state index >= 15 is 0 Å². The average molecular weight is 799 g/mol. The summed E-state index contributed by atoms with van der Waals surface area (Å²) in [6, 6.07) is 0. The van der Waals surface area contributed by atoms with E-state index in [0.717, 1.165) is 44.9 Å². The number of allylic oxidation sites excluding steroid dienone is 8. The van der Waals surface area contributed by atoms with Crippen molar-refractivity contribution in [2.75, 3.05) is 19.8 Å². The van der Waals surface area contributed by atoms with Crippen molar-refractivity contribution in [3.05, 3.63) is 48.6 Å². The molecule has 0 fully saturated rings. The highest BCUT2D eigenvalue weighted by Crippen LogP contribution is 2.15. The zero-order chi connectivity index (χ0) is 41.2. The van der Waals surface area contributed by atoms with Crippen LogP contribution >= 0.6 is 0 Å². The number of hydrogen-bond acceptors (Lipinski definition) is 4. The van der Waals surface area contributed by atoms with Gasteiger partial charge in [0.25, 0.3) is 0 Å². The second-order valence-electron chi connectivity index (χ2n) is 16.9. The molecule has 0 amide bonds. The third-order valence-electron chi connectivity index (χ3n) is 11.1. The highest BCUT2D eigenvalue weighted by atomic mass is 16.6. The minimum Gasteiger partial charge on any atom is -0.457 e. The van der Waals surface area contributed by atoms with E-state index < -0.39 is 6.10 Å². The fourth-order valence-electron chi connectivity index (χ4n) is 7.33. The van der Waals surface area contributed by atoms with Gasteiger partial charge in [-0.25, -0.2) is 0 Å². The molecule has 0 aliphatic carbocycles. The van der Waals surface area contributed by atoms with Crippen LogP contribution in [0, 0.1) is 0 Å². The molecule has 0 aromatic carbocycles. The van der Waals surface area contributed by atoms with Gasteiger partial charge in [-0.05, 0) is 77.0 Å². The number of aliphatic hydroxyl groups excluding tert-OH is 1. The minimum atomic E-state index is -0.543. The van der Waals surface area contributed by atoms with E-state index in [1.165, 1.54) is 193 Å². The molecule has 4 heteroatoms. The average Bonchev–Trinajstić information content (AvgIpc) is 3.22. The van der Waals surface area contributed by atoms with Gasteiger partial charge < -0.3 is 14.6 Å². The molecular weight excluding hydrogens is 701 g/mol. The van der Waals surface area contributed by atoms with Crippen LogP contribution in [0.1, 0.15) is 258 Å². The Kier molecular flexibility index (Phi) is 49.0. The fraction of sp³-hybridized carbons (Fsp3) is 0.830. The summed E-state index contributed by atoms with van der Waals surface area (Å²) in [5.74, 6) is -0.210. The third-order valence-corrected chi connectivity index (χ3v) is 11.1. The first-order valence-corrected chi connectivity index (χ1v) is 25.2. The Morgan fingerprint density at radius 1 is 0.421 bits per heavy atom. The number of hydrogen-bond donors (Lipinski definition) is 1. The van der Waals surface area contributed by atoms with Crippen LogP contribution in [0.25, 0.3) is 0 Å². The second-order valence-corrected chi connectivity index (χ2v) is 16.9. The van der Waals surface area contributed by atoms with Crippen molar-refractivity contribution in [3.63, 3.8) is 0 Å². The fourth-order valence-corrected chi connectivity index (χ4v) is 7.33. The van der Waals surface area contributed by atoms with Gasteiger partial charge in [-0.15, -0.1) is 0 Å². The number of carbonyl (C=O) groups is 1. The van der Waals surface area contributed by atoms with Crippen LogP contribution in [-0.4, -0.2) is 37.0 Å². The third kappa shape index (κ3) is 48.6. The maximum Gasteiger partial charge on any atom is 0.306 e. The maximum atomic E-state index is 12.3. The summed E-state index contributed by atoms with van der Waals surface area (Å²) in [6.45, 7) is 5.35. The van der Waals surface area contributed by atoms with Gasteiger partial charge in [-0.3, -0.25) is 4.79 Å². The lowest BCUT2D eigenvalue weighted by Crippen LogP contribution is -2.27. The lowest BCUT2D eigenvalue weighted by atomic mass is 10.0. The Morgan fingerprint density at radius 2 is 0.737 bits per heavy atom. The standard InChI is InChI=1S/C53H98O4/c1-3-5-7-9-11-13-15-17-19-21-23-25-26-27-29-31-33-35-37-39-41-43-45-47-49-56-51-52(50-54)57-53(55)48-46-44-42-40-38-36-34-32-30-28-24-22-20-18-16-14-12-10-8-6-4-2/h16,18,21-24,30,32,52,54H,3-15,17,19-20,25-29,31,33-51H2,1-2H3/b18-16-,23-21-,24-22-,32-30-. The van der Waals surface area contributed by atoms with E-state index in [-0.39, 0.29) is 12.6 Å². The molecule has 334 valence electrons. The topological polar surface area (TPSA) is 55.8 Å². The molecule has 1 unspecified atom stereocenters. The highest BCUT2D eigenvalue weighted by Gasteiger charge is 2.13. The summed E-state index contributed by atoms with van der Waals surface area (Å²) < 4.78 is 11.2. The van der Waals surface area contributed by atoms with Crippen LogP contribution in [-0.2, 0) is 14.3 Å². The first-order chi connectivity index (χ1) is 28.2. The Bertz CT molecular complexity index is 889. The van der Waals surface area contributed by atoms with E-state index in [0.29, 0.717) is 19.6 Å². The molecule has 0 rings (SSSR count). The van der Waals surface area contributed by atoms with Crippen molar-refractivity contribution in [1.29, 1.82) is 0 Å². The van der Waals surface area contributed by atoms with Crippen molar-refractivity contribution < 1.29 is 19.4 Å². The molecule has 0 saturated carbocycles. The van der Waals surface area contributed by atoms with Crippen molar-refractivity contribution in [2.24, 2.45) is 0 Å². The minimum absolute atomic E-state index is 0.177. The van der Waals surface area contributed by atoms with Gasteiger partial charge in [-0.2, -0.15) is 0 Å². The van der Waals surface area contributed by atoms with Gasteiger partial charge in [0, 0.05) is 13.0 Å². The lowest BCUT2D eigenvalue weighted by Gasteiger charge is -2.16. The van der Waals surface area contributed by atoms with E-state index in [1.807, 2.05) is 0 Å². The molecule has 57 heavy (non-hydrogen) atoms. The van der Waals surface area contributed by atoms with Gasteiger partial charge in [0.1, 0.15) is 6.10 Å². The van der Waals surface area contributed by atoms with Crippen LogP contribution in [0.15, 0.2) is 48.6 Å². The summed E-state index contributed by atoms with van der Waals surface area (Å²) in [5, 5.41) is 9.64. The van der Waals surface area contributed by atoms with Crippen LogP contribution in [0.4, 0.5) is 0 Å². The van der Waals surface area contributed by atoms with Gasteiger partial charge in [-0.1, -0.05) is 223 Å². The van der Waals surface area contributed by atoms with Gasteiger partial charge >= 0.3 is 5.97 Å². The van der Waals surface area contributed by atoms with E-state index in [1.54, 1.807) is 0 Å². The molecule has 0 radical (unpaired) electrons. The van der Waals surface area contributed by atoms with E-state index in [9.17, 15) is 9.90 Å². The molecule has 4 nitrogen and oxygen atoms in total. The van der Waals surface area contributed by atoms with E-state index in [4.69, 9.17) is 9.47 Å². The zero-order valence-corrected chi connectivity index (χ0v) is 38.4. The lowest BCUT2D eigenvalue weighted by molar-refractivity contribution is -0.154. The Labute approximate surface area is 356 Å². The molecule has 0 aromatic heterocycles. The number of esters is 1. The molecule has 0 aliphatic heterocycles. The Balaban J connectivity index is 3.42. The largest absolute Gasteiger partial charge is 0.457 e. The predicted molar refractivity (Wildman–Crippen MR) is 251 cm³/mol. The molecule has 0 aromatic rings. The number of aliphatic hydroxyl groups is 1. The van der Waals surface area contributed by atoms with Crippen molar-refractivity contribution in [1.82, 2.24) is 0 Å². The summed E-state index contributed by atoms with van der Waals surface area (Å²) in [6.07, 6.45) is 66.3. The SMILES string of the molecule is CCCCCCC/C=C\C/C=C\C/C=C\CCCCCCCCC(=O)OC(CO)COCCCCCCCCCCCCCC/C=C\CCCCCCCCCC. The molecule has 1 atom stereocenters. The van der Waals surface area contributed by atoms with Crippen LogP contribution < -0.4 is 0 Å². The molecule has 0 aliphatic rings. The zero-order valence-electron chi connectivity index (χ0n) is 38.4. The quantitative estimate of drug-likeness (QED) is 0.0378. The number of carbonyl (C=O) groups excluding carboxylic acids is 1. The first-order valence-electron chi connectivity index (χ1n) is 25.2. The molecular formula is C53H98O4. The number of rotatable bonds is 47. The molecule has 0 heterocycles. The second kappa shape index (κ2) is 50.5. The molecule has 0 spiro atoms. The van der Waals surface area contributed by atoms with Crippen molar-refractivity contribution in [2.45, 2.75) is 264 Å². The molecule has 0 saturated heterocycles. The monoisotopic (exact) mass is 799 g/mol. The predicted octanol–water partition coefficient (Wildman–Crippen LogP) is 17.0. The smallest absolute Gasteiger partial charge is 0.306 e. The summed E-state index contributed by atoms with van der Waals surface area (Å²) in [5.41, 5.74) is 0. The van der Waals surface area contributed by atoms with Crippen LogP contribution in [0.2, 0.25) is 0 Å². The van der Waals surface area contributed by atoms with Crippen molar-refractivity contribution in [3.8, 4) is 0 Å². The molecule has 1 N–H and O–H groups in total. The van der Waals surface area contributed by atoms with Gasteiger partial charge in [0.15, 0.2) is 0 Å². The van der Waals surface area contributed by atoms with Crippen LogP contribution in [0.3, 0.4) is 0 Å². The van der Waals surface area contributed by atoms with Gasteiger partial charge in [0.2, 0.25) is 0 Å².